The molecule has 0 aromatic heterocycles. The highest BCUT2D eigenvalue weighted by Gasteiger charge is 2.24. The maximum Gasteiger partial charge on any atom is 0.133 e. The molecule has 0 bridgehead atoms. The fraction of sp³-hybridized carbons (Fsp3) is 0.0377. The van der Waals surface area contributed by atoms with Gasteiger partial charge in [0.1, 0.15) is 5.84 Å². The zero-order valence-corrected chi connectivity index (χ0v) is 30.8. The Morgan fingerprint density at radius 3 is 1.75 bits per heavy atom. The Labute approximate surface area is 328 Å². The molecule has 2 aliphatic rings. The molecule has 2 heterocycles. The molecular weight excluding hydrogens is 679 g/mol. The van der Waals surface area contributed by atoms with Crippen molar-refractivity contribution >= 4 is 33.6 Å². The third kappa shape index (κ3) is 6.50. The quantitative estimate of drug-likeness (QED) is 0.172. The highest BCUT2D eigenvalue weighted by molar-refractivity contribution is 6.07. The summed E-state index contributed by atoms with van der Waals surface area (Å²) in [5.41, 5.74) is 15.2. The summed E-state index contributed by atoms with van der Waals surface area (Å²) in [6.07, 6.45) is 4.62. The van der Waals surface area contributed by atoms with E-state index in [0.717, 1.165) is 45.0 Å². The number of hydrogen-bond acceptors (Lipinski definition) is 3. The molecule has 266 valence electrons. The van der Waals surface area contributed by atoms with Crippen molar-refractivity contribution in [1.29, 1.82) is 0 Å². The largest absolute Gasteiger partial charge is 0.374 e. The number of nitrogens with one attached hydrogen (secondary N) is 2. The second-order valence-corrected chi connectivity index (χ2v) is 14.5. The van der Waals surface area contributed by atoms with Crippen molar-refractivity contribution in [2.24, 2.45) is 4.99 Å². The van der Waals surface area contributed by atoms with Crippen molar-refractivity contribution in [3.05, 3.63) is 246 Å². The van der Waals surface area contributed by atoms with Gasteiger partial charge in [0.05, 0.1) is 12.1 Å². The van der Waals surface area contributed by atoms with Gasteiger partial charge in [-0.15, -0.1) is 0 Å². The predicted molar refractivity (Wildman–Crippen MR) is 234 cm³/mol. The molecule has 0 amide bonds. The van der Waals surface area contributed by atoms with Crippen molar-refractivity contribution in [3.8, 4) is 22.3 Å². The Kier molecular flexibility index (Phi) is 8.66. The number of hydrogen-bond donors (Lipinski definition) is 2. The van der Waals surface area contributed by atoms with Crippen LogP contribution in [0.4, 0.5) is 5.69 Å². The summed E-state index contributed by atoms with van der Waals surface area (Å²) in [6, 6.07) is 71.4. The minimum absolute atomic E-state index is 0.0827. The third-order valence-electron chi connectivity index (χ3n) is 10.9. The van der Waals surface area contributed by atoms with Crippen LogP contribution in [-0.4, -0.2) is 5.84 Å². The molecule has 3 heteroatoms. The van der Waals surface area contributed by atoms with Crippen molar-refractivity contribution in [1.82, 2.24) is 5.32 Å². The molecule has 0 fully saturated rings. The first-order valence-corrected chi connectivity index (χ1v) is 19.3. The fourth-order valence-electron chi connectivity index (χ4n) is 8.10. The molecule has 0 radical (unpaired) electrons. The number of fused-ring (bicyclic) bond motifs is 3. The normalized spacial score (nSPS) is 16.1. The smallest absolute Gasteiger partial charge is 0.133 e. The zero-order valence-electron chi connectivity index (χ0n) is 30.8. The minimum Gasteiger partial charge on any atom is -0.374 e. The Bertz CT molecular complexity index is 2790. The second-order valence-electron chi connectivity index (χ2n) is 14.5. The SMILES string of the molecule is C1=C(c2ccccc2)NC(c2cccc(-c3ccc4c5c(ccc4c3)NC(c3ccccc3)C=C5c3ccccc3)c2)=NC1c1cccc(-c2ccccc2)c1. The van der Waals surface area contributed by atoms with Gasteiger partial charge in [0.25, 0.3) is 0 Å². The van der Waals surface area contributed by atoms with Crippen molar-refractivity contribution < 1.29 is 0 Å². The van der Waals surface area contributed by atoms with E-state index >= 15 is 0 Å². The Hall–Kier alpha value is -7.23. The molecule has 0 spiro atoms. The number of rotatable bonds is 7. The molecular formula is C53H39N3. The lowest BCUT2D eigenvalue weighted by molar-refractivity contribution is 0.881. The molecule has 0 saturated heterocycles. The van der Waals surface area contributed by atoms with Gasteiger partial charge in [-0.25, -0.2) is 0 Å². The highest BCUT2D eigenvalue weighted by atomic mass is 15.0. The van der Waals surface area contributed by atoms with Gasteiger partial charge in [-0.1, -0.05) is 176 Å². The van der Waals surface area contributed by atoms with Gasteiger partial charge in [0, 0.05) is 22.5 Å². The van der Waals surface area contributed by atoms with Gasteiger partial charge in [0.15, 0.2) is 0 Å². The van der Waals surface area contributed by atoms with Crippen LogP contribution in [0.15, 0.2) is 217 Å². The number of amidine groups is 1. The van der Waals surface area contributed by atoms with Crippen LogP contribution in [0.5, 0.6) is 0 Å². The average molecular weight is 718 g/mol. The maximum atomic E-state index is 5.35. The van der Waals surface area contributed by atoms with Crippen LogP contribution in [0.2, 0.25) is 0 Å². The molecule has 3 nitrogen and oxygen atoms in total. The molecule has 2 unspecified atom stereocenters. The molecule has 0 aliphatic carbocycles. The lowest BCUT2D eigenvalue weighted by Gasteiger charge is -2.28. The first-order valence-electron chi connectivity index (χ1n) is 19.3. The molecule has 10 rings (SSSR count). The summed E-state index contributed by atoms with van der Waals surface area (Å²) in [5.74, 6) is 0.856. The van der Waals surface area contributed by atoms with Gasteiger partial charge >= 0.3 is 0 Å². The van der Waals surface area contributed by atoms with Gasteiger partial charge < -0.3 is 10.6 Å². The zero-order chi connectivity index (χ0) is 37.3. The van der Waals surface area contributed by atoms with Crippen LogP contribution in [-0.2, 0) is 0 Å². The van der Waals surface area contributed by atoms with Crippen LogP contribution in [0.3, 0.4) is 0 Å². The van der Waals surface area contributed by atoms with E-state index in [1.807, 2.05) is 0 Å². The van der Waals surface area contributed by atoms with E-state index in [1.165, 1.54) is 44.2 Å². The molecule has 2 N–H and O–H groups in total. The first kappa shape index (κ1) is 33.3. The Balaban J connectivity index is 1.02. The summed E-state index contributed by atoms with van der Waals surface area (Å²) < 4.78 is 0. The first-order chi connectivity index (χ1) is 27.7. The van der Waals surface area contributed by atoms with E-state index in [-0.39, 0.29) is 12.1 Å². The Morgan fingerprint density at radius 1 is 0.411 bits per heavy atom. The number of aliphatic imine (C=N–C) groups is 1. The van der Waals surface area contributed by atoms with Gasteiger partial charge in [-0.05, 0) is 97.3 Å². The molecule has 2 aliphatic heterocycles. The van der Waals surface area contributed by atoms with Gasteiger partial charge in [-0.3, -0.25) is 4.99 Å². The van der Waals surface area contributed by atoms with E-state index in [2.05, 4.69) is 223 Å². The van der Waals surface area contributed by atoms with Gasteiger partial charge in [-0.2, -0.15) is 0 Å². The van der Waals surface area contributed by atoms with Gasteiger partial charge in [0.2, 0.25) is 0 Å². The summed E-state index contributed by atoms with van der Waals surface area (Å²) >= 11 is 0. The number of nitrogens with zero attached hydrogens (tertiary/aromatic N) is 1. The van der Waals surface area contributed by atoms with Crippen molar-refractivity contribution in [2.45, 2.75) is 12.1 Å². The molecule has 2 atom stereocenters. The molecule has 8 aromatic rings. The van der Waals surface area contributed by atoms with Crippen LogP contribution < -0.4 is 10.6 Å². The van der Waals surface area contributed by atoms with Crippen LogP contribution >= 0.6 is 0 Å². The topological polar surface area (TPSA) is 36.4 Å². The predicted octanol–water partition coefficient (Wildman–Crippen LogP) is 12.9. The van der Waals surface area contributed by atoms with Crippen LogP contribution in [0, 0.1) is 0 Å². The standard InChI is InChI=1S/C53H39N3/c1-5-15-36(16-6-1)40-23-13-25-44(32-40)51-35-50(39-21-11-4-12-22-39)55-53(56-51)45-26-14-24-41(33-45)42-27-29-46-43(31-42)28-30-48-52(46)47(37-17-7-2-8-18-37)34-49(54-48)38-19-9-3-10-20-38/h1-35,49,51,54H,(H,55,56). The van der Waals surface area contributed by atoms with Crippen LogP contribution in [0.25, 0.3) is 44.3 Å². The van der Waals surface area contributed by atoms with Crippen molar-refractivity contribution in [2.75, 3.05) is 5.32 Å². The highest BCUT2D eigenvalue weighted by Crippen LogP contribution is 2.43. The van der Waals surface area contributed by atoms with E-state index in [9.17, 15) is 0 Å². The molecule has 8 aromatic carbocycles. The lowest BCUT2D eigenvalue weighted by Crippen LogP contribution is -2.27. The molecule has 0 saturated carbocycles. The summed E-state index contributed by atoms with van der Waals surface area (Å²) in [6.45, 7) is 0. The third-order valence-corrected chi connectivity index (χ3v) is 10.9. The number of anilines is 1. The van der Waals surface area contributed by atoms with E-state index < -0.39 is 0 Å². The maximum absolute atomic E-state index is 5.35. The van der Waals surface area contributed by atoms with E-state index in [1.54, 1.807) is 0 Å². The summed E-state index contributed by atoms with van der Waals surface area (Å²) in [5, 5.41) is 9.98. The number of benzene rings is 8. The molecule has 56 heavy (non-hydrogen) atoms. The average Bonchev–Trinajstić information content (AvgIpc) is 3.29. The Morgan fingerprint density at radius 2 is 1.00 bits per heavy atom. The van der Waals surface area contributed by atoms with Crippen LogP contribution in [0.1, 0.15) is 45.5 Å². The van der Waals surface area contributed by atoms with E-state index in [0.29, 0.717) is 0 Å². The fourth-order valence-corrected chi connectivity index (χ4v) is 8.10. The monoisotopic (exact) mass is 717 g/mol. The summed E-state index contributed by atoms with van der Waals surface area (Å²) in [7, 11) is 0. The van der Waals surface area contributed by atoms with Crippen molar-refractivity contribution in [3.63, 3.8) is 0 Å². The summed E-state index contributed by atoms with van der Waals surface area (Å²) in [4.78, 5) is 5.35. The van der Waals surface area contributed by atoms with E-state index in [4.69, 9.17) is 4.99 Å². The second kappa shape index (κ2) is 14.5. The lowest BCUT2D eigenvalue weighted by atomic mass is 9.85. The minimum atomic E-state index is -0.150.